The van der Waals surface area contributed by atoms with E-state index in [0.29, 0.717) is 127 Å². The van der Waals surface area contributed by atoms with E-state index in [4.69, 9.17) is 69.9 Å². The van der Waals surface area contributed by atoms with Crippen LogP contribution in [0.4, 0.5) is 17.6 Å². The predicted molar refractivity (Wildman–Crippen MR) is 530 cm³/mol. The van der Waals surface area contributed by atoms with Crippen molar-refractivity contribution in [1.82, 2.24) is 65.0 Å². The third kappa shape index (κ3) is 16.5. The van der Waals surface area contributed by atoms with E-state index in [1.807, 2.05) is 68.6 Å². The number of ether oxygens (including phenoxy) is 4. The number of allylic oxidation sites excluding steroid dienone is 2. The molecule has 23 nitrogen and oxygen atoms in total. The highest BCUT2D eigenvalue weighted by atomic mass is 19.1. The van der Waals surface area contributed by atoms with Crippen molar-refractivity contribution in [1.29, 1.82) is 0 Å². The molecule has 6 saturated carbocycles. The van der Waals surface area contributed by atoms with Gasteiger partial charge in [0.2, 0.25) is 29.2 Å². The summed E-state index contributed by atoms with van der Waals surface area (Å²) < 4.78 is 90.1. The number of hydrogen-bond donors (Lipinski definition) is 1. The number of pyridine rings is 4. The largest absolute Gasteiger partial charge is 0.523 e. The molecule has 0 amide bonds. The average Bonchev–Trinajstić information content (AvgIpc) is 1.44. The quantitative estimate of drug-likeness (QED) is 0.0485. The smallest absolute Gasteiger partial charge is 0.220 e. The number of aliphatic hydroxyl groups is 1. The topological polar surface area (TPSA) is 293 Å². The lowest BCUT2D eigenvalue weighted by Gasteiger charge is -2.49. The number of aldehydes is 1. The molecule has 13 atom stereocenters. The number of halogens is 4. The van der Waals surface area contributed by atoms with Gasteiger partial charge in [-0.25, -0.2) is 42.3 Å². The second kappa shape index (κ2) is 37.7. The zero-order chi connectivity index (χ0) is 97.9. The first-order valence-corrected chi connectivity index (χ1v) is 51.5. The summed E-state index contributed by atoms with van der Waals surface area (Å²) in [7, 11) is 0. The van der Waals surface area contributed by atoms with Crippen LogP contribution in [0.3, 0.4) is 0 Å². The molecule has 730 valence electrons. The number of Topliss-reactive ketones (excluding diaryl/α,β-unsaturated/α-hetero) is 2. The standard InChI is InChI=1S/2C29H29FN4O2.C29H30FN3O3.C28H30FN3O2/c1-16-22-11-10-21-26(29(22,2)14-17-15-32-36-25(16)17)33-27(34-28(21)35-18-6-3-4-7-18)20-12-13-31-24-19(20)8-5-9-23(24)30;1-16-21-12-11-20-26(29(21,2)15-23(31-3)25(16)35)33-27(34-28(20)36-17-7-4-5-8-17)19-13-14-32-24-18(19)9-6-10-22(24)30;1-16-22-11-10-21-26(29(22,2)14-17(15-34)25(16)35)32-27(33-28(21)36-18-6-3-4-7-18)20-12-13-31-24-19(20)8-5-9-23(24)30;1-16-21-11-10-20-25(28(21,2)14-12-23(16)33)31-26(32-27(20)34-17-6-3-4-7-17)19-13-15-30-24-18(19)8-5-9-22(24)29/h5,8-9,12-13,15-16,18,22H,3-4,6-7,10-11,14H2,1-2H3;6,9-10,13-14,16-17,21,35H,4-5,7-8,11-12,15H2,1-2H3;5,8-9,12-13,15-18,22H,3-4,6-7,10-11,14H2,1-2H3;5,8-9,13,15-17,21H,3-4,6-7,10-12,14H2,1-2H3/t16-,22-,29-;16-,21-,29-;16-,17?,22-,29-;16-,21-,28-/m1111/s1. The van der Waals surface area contributed by atoms with Gasteiger partial charge in [0.25, 0.3) is 0 Å². The van der Waals surface area contributed by atoms with E-state index in [-0.39, 0.29) is 117 Å². The van der Waals surface area contributed by atoms with Crippen LogP contribution >= 0.6 is 0 Å². The molecule has 0 aliphatic heterocycles. The Bertz CT molecular complexity index is 7270. The molecule has 4 aromatic carbocycles. The Morgan fingerprint density at radius 1 is 0.408 bits per heavy atom. The molecule has 25 rings (SSSR count). The molecule has 9 heterocycles. The molecule has 0 saturated heterocycles. The fraction of sp³-hybridized carbons (Fsp3) is 0.470. The van der Waals surface area contributed by atoms with E-state index in [2.05, 4.69) is 71.5 Å². The summed E-state index contributed by atoms with van der Waals surface area (Å²) >= 11 is 0. The summed E-state index contributed by atoms with van der Waals surface area (Å²) in [4.78, 5) is 98.6. The summed E-state index contributed by atoms with van der Waals surface area (Å²) in [5.74, 6) is 4.94. The van der Waals surface area contributed by atoms with Crippen LogP contribution in [0.5, 0.6) is 23.5 Å². The number of nitrogens with zero attached hydrogens (tertiary/aromatic N) is 14. The first kappa shape index (κ1) is 93.9. The van der Waals surface area contributed by atoms with Crippen molar-refractivity contribution in [2.24, 2.45) is 47.3 Å². The van der Waals surface area contributed by atoms with Gasteiger partial charge in [-0.2, -0.15) is 19.9 Å². The van der Waals surface area contributed by atoms with Crippen LogP contribution in [0.2, 0.25) is 0 Å². The minimum absolute atomic E-state index is 0.0281. The van der Waals surface area contributed by atoms with Crippen LogP contribution in [-0.2, 0) is 68.1 Å². The molecule has 0 spiro atoms. The van der Waals surface area contributed by atoms with Gasteiger partial charge >= 0.3 is 0 Å². The van der Waals surface area contributed by atoms with Crippen LogP contribution < -0.4 is 18.9 Å². The molecule has 0 bridgehead atoms. The van der Waals surface area contributed by atoms with Crippen LogP contribution in [0.1, 0.15) is 272 Å². The lowest BCUT2D eigenvalue weighted by atomic mass is 9.54. The van der Waals surface area contributed by atoms with Gasteiger partial charge in [-0.1, -0.05) is 109 Å². The number of carbonyl (C=O) groups excluding carboxylic acids is 3. The van der Waals surface area contributed by atoms with Crippen molar-refractivity contribution in [2.75, 3.05) is 0 Å². The van der Waals surface area contributed by atoms with Crippen molar-refractivity contribution >= 4 is 61.5 Å². The molecule has 1 unspecified atom stereocenters. The first-order valence-electron chi connectivity index (χ1n) is 51.5. The Hall–Kier alpha value is -13.0. The maximum atomic E-state index is 14.6. The Balaban J connectivity index is 0.000000108. The van der Waals surface area contributed by atoms with Crippen molar-refractivity contribution in [3.63, 3.8) is 0 Å². The van der Waals surface area contributed by atoms with Crippen molar-refractivity contribution < 1.29 is 60.5 Å². The number of carbonyl (C=O) groups is 3. The number of benzene rings is 4. The van der Waals surface area contributed by atoms with Gasteiger partial charge in [0.15, 0.2) is 23.3 Å². The highest BCUT2D eigenvalue weighted by Crippen LogP contribution is 2.60. The van der Waals surface area contributed by atoms with Crippen LogP contribution in [0, 0.1) is 77.2 Å². The van der Waals surface area contributed by atoms with E-state index >= 15 is 0 Å². The van der Waals surface area contributed by atoms with E-state index in [1.165, 1.54) is 49.9 Å². The van der Waals surface area contributed by atoms with Crippen molar-refractivity contribution in [2.45, 2.75) is 294 Å². The summed E-state index contributed by atoms with van der Waals surface area (Å²) in [5.41, 5.74) is 12.4. The third-order valence-corrected chi connectivity index (χ3v) is 34.8. The maximum Gasteiger partial charge on any atom is 0.220 e. The summed E-state index contributed by atoms with van der Waals surface area (Å²) in [6, 6.07) is 27.2. The lowest BCUT2D eigenvalue weighted by Crippen LogP contribution is -2.51. The number of ketones is 2. The molecule has 1 N–H and O–H groups in total. The Kier molecular flexibility index (Phi) is 24.9. The van der Waals surface area contributed by atoms with Crippen LogP contribution in [0.25, 0.3) is 94.0 Å². The Labute approximate surface area is 822 Å². The van der Waals surface area contributed by atoms with Gasteiger partial charge in [-0.05, 0) is 252 Å². The number of rotatable bonds is 13. The van der Waals surface area contributed by atoms with E-state index < -0.39 is 22.6 Å². The number of aliphatic hydroxyl groups excluding tert-OH is 1. The fourth-order valence-corrected chi connectivity index (χ4v) is 27.3. The molecule has 142 heavy (non-hydrogen) atoms. The lowest BCUT2D eigenvalue weighted by molar-refractivity contribution is -0.138. The molecule has 0 radical (unpaired) electrons. The summed E-state index contributed by atoms with van der Waals surface area (Å²) in [6.07, 6.45) is 37.1. The van der Waals surface area contributed by atoms with Crippen LogP contribution in [-0.4, -0.2) is 112 Å². The minimum atomic E-state index is -0.638. The molecule has 13 aromatic rings. The number of aromatic nitrogens is 13. The van der Waals surface area contributed by atoms with Gasteiger partial charge in [0, 0.05) is 148 Å². The van der Waals surface area contributed by atoms with Gasteiger partial charge in [-0.3, -0.25) is 29.5 Å². The maximum absolute atomic E-state index is 14.6. The summed E-state index contributed by atoms with van der Waals surface area (Å²) in [6.45, 7) is 24.8. The molecule has 9 aromatic heterocycles. The minimum Gasteiger partial charge on any atom is -0.523 e. The summed E-state index contributed by atoms with van der Waals surface area (Å²) in [5, 5.41) is 17.5. The highest BCUT2D eigenvalue weighted by molar-refractivity contribution is 5.98. The Morgan fingerprint density at radius 2 is 0.739 bits per heavy atom. The monoisotopic (exact) mass is 1910 g/mol. The average molecular weight is 1920 g/mol. The third-order valence-electron chi connectivity index (χ3n) is 34.8. The molecular weight excluding hydrogens is 1800 g/mol. The SMILES string of the molecule is C[C@H]1C(=O)C(C=O)C[C@@]2(C)c3nc(-c4ccnc5c(F)cccc45)nc(OC4CCCC4)c3CC[C@H]12.C[C@H]1C(=O)CC[C@@]2(C)c3nc(-c4ccnc5c(F)cccc45)nc(OC4CCCC4)c3CC[C@H]12.C[C@H]1c2oncc2C[C@@]2(C)c3nc(-c4ccnc5c(F)cccc45)nc(OC4CCCC4)c3CC[C@H]12.[C-]#[N+]C1=C(O)[C@H](C)[C@H]2CCc3c(OC4CCCC4)nc(-c4ccnc5c(F)cccc45)nc3[C@]2(C)C1. The first-order chi connectivity index (χ1) is 68.8. The fourth-order valence-electron chi connectivity index (χ4n) is 27.3. The Morgan fingerprint density at radius 3 is 1.10 bits per heavy atom. The normalized spacial score (nSPS) is 26.6. The van der Waals surface area contributed by atoms with E-state index in [9.17, 15) is 37.1 Å². The van der Waals surface area contributed by atoms with Gasteiger partial charge < -0.3 is 33.4 Å². The molecule has 6 fully saturated rings. The van der Waals surface area contributed by atoms with Gasteiger partial charge in [0.05, 0.1) is 47.2 Å². The van der Waals surface area contributed by atoms with E-state index in [1.54, 1.807) is 49.1 Å². The molecular formula is C115H118F4N14O9. The zero-order valence-electron chi connectivity index (χ0n) is 81.7. The second-order valence-electron chi connectivity index (χ2n) is 43.0. The number of hydrogen-bond acceptors (Lipinski definition) is 22. The number of fused-ring (bicyclic) bond motifs is 17. The molecule has 12 aliphatic rings. The van der Waals surface area contributed by atoms with Crippen molar-refractivity contribution in [3.8, 4) is 69.1 Å². The van der Waals surface area contributed by atoms with E-state index in [0.717, 1.165) is 215 Å². The van der Waals surface area contributed by atoms with Gasteiger partial charge in [-0.15, -0.1) is 0 Å². The van der Waals surface area contributed by atoms with Gasteiger partial charge in [0.1, 0.15) is 93.4 Å². The molecule has 27 heteroatoms. The van der Waals surface area contributed by atoms with Crippen molar-refractivity contribution in [3.05, 3.63) is 231 Å². The second-order valence-corrected chi connectivity index (χ2v) is 43.0. The zero-order valence-corrected chi connectivity index (χ0v) is 81.7. The van der Waals surface area contributed by atoms with Crippen LogP contribution in [0.15, 0.2) is 144 Å². The highest BCUT2D eigenvalue weighted by Gasteiger charge is 2.57. The number of para-hydroxylation sites is 4. The predicted octanol–water partition coefficient (Wildman–Crippen LogP) is 24.4. The molecule has 12 aliphatic carbocycles.